The largest absolute Gasteiger partial charge is 0.382 e. The van der Waals surface area contributed by atoms with Gasteiger partial charge >= 0.3 is 0 Å². The van der Waals surface area contributed by atoms with Gasteiger partial charge in [-0.2, -0.15) is 0 Å². The van der Waals surface area contributed by atoms with Crippen molar-refractivity contribution in [2.75, 3.05) is 26.9 Å². The smallest absolute Gasteiger partial charge is 0.128 e. The van der Waals surface area contributed by atoms with E-state index in [0.29, 0.717) is 18.8 Å². The monoisotopic (exact) mass is 255 g/mol. The van der Waals surface area contributed by atoms with Crippen molar-refractivity contribution < 1.29 is 13.9 Å². The highest BCUT2D eigenvalue weighted by atomic mass is 19.1. The molecule has 0 saturated heterocycles. The van der Waals surface area contributed by atoms with Crippen LogP contribution in [-0.2, 0) is 9.47 Å². The molecule has 3 nitrogen and oxygen atoms in total. The molecule has 0 fully saturated rings. The van der Waals surface area contributed by atoms with Crippen molar-refractivity contribution >= 4 is 0 Å². The van der Waals surface area contributed by atoms with E-state index in [1.807, 2.05) is 19.9 Å². The molecule has 2 atom stereocenters. The fraction of sp³-hybridized carbons (Fsp3) is 0.571. The van der Waals surface area contributed by atoms with E-state index < -0.39 is 0 Å². The van der Waals surface area contributed by atoms with Crippen molar-refractivity contribution in [1.29, 1.82) is 0 Å². The van der Waals surface area contributed by atoms with Crippen LogP contribution in [0, 0.1) is 5.82 Å². The molecular formula is C14H22FNO2. The van der Waals surface area contributed by atoms with Crippen molar-refractivity contribution in [2.45, 2.75) is 26.0 Å². The van der Waals surface area contributed by atoms with Crippen molar-refractivity contribution in [3.63, 3.8) is 0 Å². The zero-order valence-corrected chi connectivity index (χ0v) is 11.3. The summed E-state index contributed by atoms with van der Waals surface area (Å²) >= 11 is 0. The molecule has 0 aromatic heterocycles. The van der Waals surface area contributed by atoms with Crippen LogP contribution in [0.4, 0.5) is 4.39 Å². The second-order valence-electron chi connectivity index (χ2n) is 4.23. The number of nitrogens with one attached hydrogen (secondary N) is 1. The average molecular weight is 255 g/mol. The van der Waals surface area contributed by atoms with Gasteiger partial charge in [0.1, 0.15) is 5.82 Å². The van der Waals surface area contributed by atoms with Crippen LogP contribution in [-0.4, -0.2) is 33.0 Å². The van der Waals surface area contributed by atoms with Gasteiger partial charge in [-0.25, -0.2) is 4.39 Å². The molecule has 0 aliphatic heterocycles. The van der Waals surface area contributed by atoms with Gasteiger partial charge < -0.3 is 14.8 Å². The third-order valence-electron chi connectivity index (χ3n) is 2.68. The molecule has 4 heteroatoms. The first-order valence-corrected chi connectivity index (χ1v) is 6.27. The summed E-state index contributed by atoms with van der Waals surface area (Å²) in [5.74, 6) is -0.202. The van der Waals surface area contributed by atoms with Crippen LogP contribution >= 0.6 is 0 Å². The number of benzene rings is 1. The summed E-state index contributed by atoms with van der Waals surface area (Å²) in [7, 11) is 1.64. The van der Waals surface area contributed by atoms with Crippen molar-refractivity contribution in [3.8, 4) is 0 Å². The predicted octanol–water partition coefficient (Wildman–Crippen LogP) is 2.53. The number of ether oxygens (including phenoxy) is 2. The molecule has 1 N–H and O–H groups in total. The highest BCUT2D eigenvalue weighted by Gasteiger charge is 2.15. The van der Waals surface area contributed by atoms with Gasteiger partial charge in [0.15, 0.2) is 0 Å². The van der Waals surface area contributed by atoms with E-state index in [2.05, 4.69) is 5.32 Å². The normalized spacial score (nSPS) is 14.4. The molecular weight excluding hydrogens is 233 g/mol. The molecule has 0 heterocycles. The van der Waals surface area contributed by atoms with Crippen molar-refractivity contribution in [2.24, 2.45) is 0 Å². The Balaban J connectivity index is 2.62. The van der Waals surface area contributed by atoms with Gasteiger partial charge in [-0.05, 0) is 19.5 Å². The summed E-state index contributed by atoms with van der Waals surface area (Å²) in [6.07, 6.45) is 0.00271. The second-order valence-corrected chi connectivity index (χ2v) is 4.23. The van der Waals surface area contributed by atoms with Crippen molar-refractivity contribution in [1.82, 2.24) is 5.32 Å². The maximum atomic E-state index is 13.7. The van der Waals surface area contributed by atoms with Gasteiger partial charge in [0.25, 0.3) is 0 Å². The number of halogens is 1. The zero-order valence-electron chi connectivity index (χ0n) is 11.3. The molecule has 1 rings (SSSR count). The fourth-order valence-corrected chi connectivity index (χ4v) is 1.81. The highest BCUT2D eigenvalue weighted by molar-refractivity contribution is 5.21. The van der Waals surface area contributed by atoms with Crippen LogP contribution in [0.2, 0.25) is 0 Å². The van der Waals surface area contributed by atoms with Crippen LogP contribution in [0.1, 0.15) is 25.5 Å². The Morgan fingerprint density at radius 1 is 1.28 bits per heavy atom. The molecule has 1 aromatic rings. The molecule has 1 aromatic carbocycles. The Morgan fingerprint density at radius 3 is 2.61 bits per heavy atom. The van der Waals surface area contributed by atoms with Crippen LogP contribution < -0.4 is 5.32 Å². The van der Waals surface area contributed by atoms with Crippen LogP contribution in [0.3, 0.4) is 0 Å². The SMILES string of the molecule is CCNC(COC(C)COC)c1ccccc1F. The summed E-state index contributed by atoms with van der Waals surface area (Å²) in [5, 5.41) is 3.23. The molecule has 0 amide bonds. The van der Waals surface area contributed by atoms with E-state index >= 15 is 0 Å². The maximum Gasteiger partial charge on any atom is 0.128 e. The van der Waals surface area contributed by atoms with E-state index in [-0.39, 0.29) is 18.0 Å². The van der Waals surface area contributed by atoms with Gasteiger partial charge in [0.2, 0.25) is 0 Å². The Morgan fingerprint density at radius 2 is 2.00 bits per heavy atom. The second kappa shape index (κ2) is 8.19. The number of hydrogen-bond donors (Lipinski definition) is 1. The van der Waals surface area contributed by atoms with Crippen LogP contribution in [0.5, 0.6) is 0 Å². The van der Waals surface area contributed by atoms with E-state index in [0.717, 1.165) is 6.54 Å². The van der Waals surface area contributed by atoms with Gasteiger partial charge in [-0.15, -0.1) is 0 Å². The summed E-state index contributed by atoms with van der Waals surface area (Å²) in [5.41, 5.74) is 0.643. The molecule has 0 bridgehead atoms. The summed E-state index contributed by atoms with van der Waals surface area (Å²) < 4.78 is 24.4. The van der Waals surface area contributed by atoms with E-state index in [9.17, 15) is 4.39 Å². The minimum absolute atomic E-state index is 0.00271. The Labute approximate surface area is 108 Å². The topological polar surface area (TPSA) is 30.5 Å². The molecule has 102 valence electrons. The van der Waals surface area contributed by atoms with Crippen molar-refractivity contribution in [3.05, 3.63) is 35.6 Å². The number of methoxy groups -OCH3 is 1. The summed E-state index contributed by atoms with van der Waals surface area (Å²) in [6.45, 7) is 5.66. The molecule has 2 unspecified atom stereocenters. The van der Waals surface area contributed by atoms with Gasteiger partial charge in [0, 0.05) is 12.7 Å². The number of rotatable bonds is 8. The molecule has 18 heavy (non-hydrogen) atoms. The summed E-state index contributed by atoms with van der Waals surface area (Å²) in [4.78, 5) is 0. The molecule has 0 radical (unpaired) electrons. The lowest BCUT2D eigenvalue weighted by atomic mass is 10.1. The third-order valence-corrected chi connectivity index (χ3v) is 2.68. The lowest BCUT2D eigenvalue weighted by molar-refractivity contribution is -0.000724. The molecule has 0 spiro atoms. The zero-order chi connectivity index (χ0) is 13.4. The standard InChI is InChI=1S/C14H22FNO2/c1-4-16-14(10-18-11(2)9-17-3)12-7-5-6-8-13(12)15/h5-8,11,14,16H,4,9-10H2,1-3H3. The molecule has 0 saturated carbocycles. The minimum Gasteiger partial charge on any atom is -0.382 e. The van der Waals surface area contributed by atoms with E-state index in [4.69, 9.17) is 9.47 Å². The van der Waals surface area contributed by atoms with Gasteiger partial charge in [-0.3, -0.25) is 0 Å². The van der Waals surface area contributed by atoms with Crippen LogP contribution in [0.15, 0.2) is 24.3 Å². The Kier molecular flexibility index (Phi) is 6.86. The Bertz CT molecular complexity index is 346. The molecule has 0 aliphatic carbocycles. The van der Waals surface area contributed by atoms with Gasteiger partial charge in [-0.1, -0.05) is 25.1 Å². The van der Waals surface area contributed by atoms with E-state index in [1.165, 1.54) is 6.07 Å². The first kappa shape index (κ1) is 15.1. The fourth-order valence-electron chi connectivity index (χ4n) is 1.81. The van der Waals surface area contributed by atoms with Crippen LogP contribution in [0.25, 0.3) is 0 Å². The average Bonchev–Trinajstić information content (AvgIpc) is 2.36. The number of hydrogen-bond acceptors (Lipinski definition) is 3. The lowest BCUT2D eigenvalue weighted by Gasteiger charge is -2.21. The van der Waals surface area contributed by atoms with E-state index in [1.54, 1.807) is 19.2 Å². The molecule has 0 aliphatic rings. The predicted molar refractivity (Wildman–Crippen MR) is 70.1 cm³/mol. The Hall–Kier alpha value is -0.970. The first-order valence-electron chi connectivity index (χ1n) is 6.27. The van der Waals surface area contributed by atoms with Gasteiger partial charge in [0.05, 0.1) is 25.4 Å². The lowest BCUT2D eigenvalue weighted by Crippen LogP contribution is -2.29. The summed E-state index contributed by atoms with van der Waals surface area (Å²) in [6, 6.07) is 6.65. The first-order chi connectivity index (χ1) is 8.69. The third kappa shape index (κ3) is 4.72. The quantitative estimate of drug-likeness (QED) is 0.774. The number of likely N-dealkylation sites (N-methyl/N-ethyl adjacent to an activating group) is 1. The maximum absolute atomic E-state index is 13.7. The highest BCUT2D eigenvalue weighted by Crippen LogP contribution is 2.17. The minimum atomic E-state index is -0.202.